The molecule has 1 heterocycles. The van der Waals surface area contributed by atoms with Crippen LogP contribution in [0.15, 0.2) is 18.2 Å². The summed E-state index contributed by atoms with van der Waals surface area (Å²) in [5.41, 5.74) is 0.497. The number of carbonyl (C=O) groups excluding carboxylic acids is 1. The van der Waals surface area contributed by atoms with E-state index in [0.717, 1.165) is 3.57 Å². The van der Waals surface area contributed by atoms with Crippen LogP contribution in [-0.4, -0.2) is 40.0 Å². The van der Waals surface area contributed by atoms with E-state index in [1.165, 1.54) is 6.07 Å². The average Bonchev–Trinajstić information content (AvgIpc) is 2.49. The summed E-state index contributed by atoms with van der Waals surface area (Å²) >= 11 is 3.59. The van der Waals surface area contributed by atoms with Gasteiger partial charge in [0.1, 0.15) is 10.5 Å². The zero-order chi connectivity index (χ0) is 14.8. The Hall–Kier alpha value is -0.940. The van der Waals surface area contributed by atoms with Gasteiger partial charge in [-0.2, -0.15) is 5.26 Å². The van der Waals surface area contributed by atoms with E-state index < -0.39 is 0 Å². The normalized spacial score (nSPS) is 17.6. The second-order valence-electron chi connectivity index (χ2n) is 4.77. The van der Waals surface area contributed by atoms with E-state index in [-0.39, 0.29) is 16.4 Å². The molecule has 1 aromatic rings. The molecule has 0 aliphatic carbocycles. The van der Waals surface area contributed by atoms with Crippen LogP contribution in [0.4, 0.5) is 0 Å². The summed E-state index contributed by atoms with van der Waals surface area (Å²) in [6.45, 7) is 1.17. The molecule has 1 aliphatic heterocycles. The predicted molar refractivity (Wildman–Crippen MR) is 87.8 cm³/mol. The third kappa shape index (κ3) is 3.04. The summed E-state index contributed by atoms with van der Waals surface area (Å²) < 4.78 is 0.369. The standard InChI is InChI=1S/C14H15IN2O2S/c1-20-14(9-16)4-6-17(7-5-14)13(19)10-2-3-11(15)12(18)8-10/h2-3,8,18H,4-7H2,1H3. The molecule has 0 spiro atoms. The number of hydrogen-bond donors (Lipinski definition) is 1. The lowest BCUT2D eigenvalue weighted by atomic mass is 9.96. The number of piperidine rings is 1. The third-order valence-electron chi connectivity index (χ3n) is 3.65. The number of carbonyl (C=O) groups is 1. The Morgan fingerprint density at radius 3 is 2.65 bits per heavy atom. The molecule has 0 radical (unpaired) electrons. The number of nitrogens with zero attached hydrogens (tertiary/aromatic N) is 2. The molecule has 0 bridgehead atoms. The molecule has 1 N–H and O–H groups in total. The van der Waals surface area contributed by atoms with Gasteiger partial charge >= 0.3 is 0 Å². The number of rotatable bonds is 2. The molecule has 4 nitrogen and oxygen atoms in total. The van der Waals surface area contributed by atoms with Crippen LogP contribution in [0.25, 0.3) is 0 Å². The average molecular weight is 402 g/mol. The van der Waals surface area contributed by atoms with E-state index in [1.54, 1.807) is 28.8 Å². The van der Waals surface area contributed by atoms with Crippen molar-refractivity contribution in [3.8, 4) is 11.8 Å². The fourth-order valence-electron chi connectivity index (χ4n) is 2.26. The largest absolute Gasteiger partial charge is 0.507 e. The first kappa shape index (κ1) is 15.4. The molecular formula is C14H15IN2O2S. The van der Waals surface area contributed by atoms with Crippen molar-refractivity contribution in [1.29, 1.82) is 5.26 Å². The number of amides is 1. The maximum Gasteiger partial charge on any atom is 0.253 e. The summed E-state index contributed by atoms with van der Waals surface area (Å²) in [6.07, 6.45) is 3.32. The molecule has 1 fully saturated rings. The van der Waals surface area contributed by atoms with Crippen LogP contribution >= 0.6 is 34.4 Å². The van der Waals surface area contributed by atoms with Gasteiger partial charge in [0.05, 0.1) is 9.64 Å². The quantitative estimate of drug-likeness (QED) is 0.773. The highest BCUT2D eigenvalue weighted by atomic mass is 127. The Morgan fingerprint density at radius 1 is 1.50 bits per heavy atom. The summed E-state index contributed by atoms with van der Waals surface area (Å²) in [7, 11) is 0. The molecule has 20 heavy (non-hydrogen) atoms. The zero-order valence-electron chi connectivity index (χ0n) is 11.1. The van der Waals surface area contributed by atoms with Gasteiger partial charge in [-0.15, -0.1) is 11.8 Å². The minimum absolute atomic E-state index is 0.0793. The van der Waals surface area contributed by atoms with Crippen molar-refractivity contribution < 1.29 is 9.90 Å². The molecule has 1 aromatic carbocycles. The second kappa shape index (κ2) is 6.22. The number of halogens is 1. The molecule has 0 saturated carbocycles. The number of nitriles is 1. The van der Waals surface area contributed by atoms with Crippen LogP contribution in [0.1, 0.15) is 23.2 Å². The van der Waals surface area contributed by atoms with E-state index in [9.17, 15) is 15.2 Å². The Balaban J connectivity index is 2.09. The Labute approximate surface area is 136 Å². The van der Waals surface area contributed by atoms with Gasteiger partial charge in [0.25, 0.3) is 5.91 Å². The Kier molecular flexibility index (Phi) is 4.81. The summed E-state index contributed by atoms with van der Waals surface area (Å²) in [6, 6.07) is 7.33. The summed E-state index contributed by atoms with van der Waals surface area (Å²) in [5.74, 6) is 0.0493. The lowest BCUT2D eigenvalue weighted by Crippen LogP contribution is -2.44. The summed E-state index contributed by atoms with van der Waals surface area (Å²) in [4.78, 5) is 14.1. The number of likely N-dealkylation sites (tertiary alicyclic amines) is 1. The molecule has 1 aliphatic rings. The van der Waals surface area contributed by atoms with Gasteiger partial charge in [0, 0.05) is 18.7 Å². The van der Waals surface area contributed by atoms with E-state index in [1.807, 2.05) is 28.8 Å². The maximum absolute atomic E-state index is 12.4. The lowest BCUT2D eigenvalue weighted by molar-refractivity contribution is 0.0716. The van der Waals surface area contributed by atoms with Gasteiger partial charge in [0.2, 0.25) is 0 Å². The minimum atomic E-state index is -0.356. The van der Waals surface area contributed by atoms with Crippen LogP contribution in [0.3, 0.4) is 0 Å². The van der Waals surface area contributed by atoms with Crippen molar-refractivity contribution in [2.75, 3.05) is 19.3 Å². The molecule has 6 heteroatoms. The van der Waals surface area contributed by atoms with Gasteiger partial charge in [-0.3, -0.25) is 4.79 Å². The van der Waals surface area contributed by atoms with Crippen molar-refractivity contribution >= 4 is 40.3 Å². The fraction of sp³-hybridized carbons (Fsp3) is 0.429. The Bertz CT molecular complexity index is 563. The molecule has 106 valence electrons. The van der Waals surface area contributed by atoms with Crippen molar-refractivity contribution in [1.82, 2.24) is 4.90 Å². The van der Waals surface area contributed by atoms with Gasteiger partial charge in [-0.25, -0.2) is 0 Å². The fourth-order valence-corrected chi connectivity index (χ4v) is 3.28. The molecule has 2 rings (SSSR count). The zero-order valence-corrected chi connectivity index (χ0v) is 14.1. The van der Waals surface area contributed by atoms with Crippen LogP contribution < -0.4 is 0 Å². The highest BCUT2D eigenvalue weighted by Crippen LogP contribution is 2.34. The topological polar surface area (TPSA) is 64.3 Å². The summed E-state index contributed by atoms with van der Waals surface area (Å²) in [5, 5.41) is 18.9. The van der Waals surface area contributed by atoms with E-state index in [2.05, 4.69) is 6.07 Å². The van der Waals surface area contributed by atoms with Gasteiger partial charge < -0.3 is 10.0 Å². The van der Waals surface area contributed by atoms with Crippen molar-refractivity contribution in [2.45, 2.75) is 17.6 Å². The van der Waals surface area contributed by atoms with Crippen LogP contribution in [0.2, 0.25) is 0 Å². The Morgan fingerprint density at radius 2 is 2.15 bits per heavy atom. The number of hydrogen-bond acceptors (Lipinski definition) is 4. The number of phenols is 1. The highest BCUT2D eigenvalue weighted by molar-refractivity contribution is 14.1. The van der Waals surface area contributed by atoms with Crippen LogP contribution in [0.5, 0.6) is 5.75 Å². The maximum atomic E-state index is 12.4. The molecule has 0 atom stereocenters. The molecule has 0 unspecified atom stereocenters. The smallest absolute Gasteiger partial charge is 0.253 e. The number of phenolic OH excluding ortho intramolecular Hbond substituents is 1. The predicted octanol–water partition coefficient (Wildman–Crippen LogP) is 2.86. The first-order chi connectivity index (χ1) is 9.51. The molecule has 0 aromatic heterocycles. The number of benzene rings is 1. The van der Waals surface area contributed by atoms with Crippen molar-refractivity contribution in [3.05, 3.63) is 27.3 Å². The van der Waals surface area contributed by atoms with Gasteiger partial charge in [-0.1, -0.05) is 0 Å². The highest BCUT2D eigenvalue weighted by Gasteiger charge is 2.35. The van der Waals surface area contributed by atoms with Crippen molar-refractivity contribution in [2.24, 2.45) is 0 Å². The molecular weight excluding hydrogens is 387 g/mol. The first-order valence-corrected chi connectivity index (χ1v) is 8.56. The van der Waals surface area contributed by atoms with E-state index in [4.69, 9.17) is 0 Å². The molecule has 1 amide bonds. The third-order valence-corrected chi connectivity index (χ3v) is 5.84. The van der Waals surface area contributed by atoms with E-state index >= 15 is 0 Å². The molecule has 1 saturated heterocycles. The number of thioether (sulfide) groups is 1. The minimum Gasteiger partial charge on any atom is -0.507 e. The van der Waals surface area contributed by atoms with Crippen molar-refractivity contribution in [3.63, 3.8) is 0 Å². The number of aromatic hydroxyl groups is 1. The van der Waals surface area contributed by atoms with Crippen LogP contribution in [0, 0.1) is 14.9 Å². The SMILES string of the molecule is CSC1(C#N)CCN(C(=O)c2ccc(I)c(O)c2)CC1. The second-order valence-corrected chi connectivity index (χ2v) is 7.12. The first-order valence-electron chi connectivity index (χ1n) is 6.25. The van der Waals surface area contributed by atoms with Gasteiger partial charge in [-0.05, 0) is 59.9 Å². The monoisotopic (exact) mass is 402 g/mol. The van der Waals surface area contributed by atoms with Crippen LogP contribution in [-0.2, 0) is 0 Å². The van der Waals surface area contributed by atoms with Gasteiger partial charge in [0.15, 0.2) is 0 Å². The van der Waals surface area contributed by atoms with E-state index in [0.29, 0.717) is 31.5 Å². The lowest BCUT2D eigenvalue weighted by Gasteiger charge is -2.36.